The van der Waals surface area contributed by atoms with Crippen LogP contribution in [0.3, 0.4) is 0 Å². The molecule has 0 aliphatic heterocycles. The van der Waals surface area contributed by atoms with Gasteiger partial charge in [0.25, 0.3) is 0 Å². The Balaban J connectivity index is 1.80. The Morgan fingerprint density at radius 1 is 1.04 bits per heavy atom. The van der Waals surface area contributed by atoms with E-state index in [1.807, 2.05) is 42.7 Å². The van der Waals surface area contributed by atoms with E-state index < -0.39 is 0 Å². The molecule has 0 saturated heterocycles. The van der Waals surface area contributed by atoms with Gasteiger partial charge in [-0.3, -0.25) is 4.79 Å². The average molecular weight is 398 g/mol. The molecule has 2 aromatic carbocycles. The van der Waals surface area contributed by atoms with Crippen LogP contribution in [0, 0.1) is 0 Å². The molecular formula is C20H22N4O3S. The highest BCUT2D eigenvalue weighted by molar-refractivity contribution is 7.98. The Labute approximate surface area is 167 Å². The number of amides is 1. The monoisotopic (exact) mass is 398 g/mol. The number of methoxy groups -OCH3 is 2. The van der Waals surface area contributed by atoms with Gasteiger partial charge in [0.2, 0.25) is 5.91 Å². The van der Waals surface area contributed by atoms with Gasteiger partial charge in [-0.05, 0) is 36.6 Å². The Morgan fingerprint density at radius 3 is 2.39 bits per heavy atom. The zero-order valence-corrected chi connectivity index (χ0v) is 16.8. The van der Waals surface area contributed by atoms with Gasteiger partial charge in [-0.2, -0.15) is 11.8 Å². The van der Waals surface area contributed by atoms with Crippen LogP contribution in [0.5, 0.6) is 11.5 Å². The predicted molar refractivity (Wildman–Crippen MR) is 114 cm³/mol. The zero-order valence-electron chi connectivity index (χ0n) is 16.0. The molecule has 0 radical (unpaired) electrons. The Morgan fingerprint density at radius 2 is 1.71 bits per heavy atom. The van der Waals surface area contributed by atoms with E-state index in [2.05, 4.69) is 20.6 Å². The van der Waals surface area contributed by atoms with Gasteiger partial charge in [-0.15, -0.1) is 0 Å². The third kappa shape index (κ3) is 4.64. The molecule has 146 valence electrons. The van der Waals surface area contributed by atoms with Crippen LogP contribution in [0.2, 0.25) is 0 Å². The van der Waals surface area contributed by atoms with E-state index in [1.54, 1.807) is 26.0 Å². The first-order valence-electron chi connectivity index (χ1n) is 8.67. The number of fused-ring (bicyclic) bond motifs is 1. The maximum Gasteiger partial charge on any atom is 0.225 e. The van der Waals surface area contributed by atoms with E-state index in [4.69, 9.17) is 9.47 Å². The lowest BCUT2D eigenvalue weighted by molar-refractivity contribution is -0.115. The van der Waals surface area contributed by atoms with Crippen molar-refractivity contribution < 1.29 is 14.3 Å². The van der Waals surface area contributed by atoms with Crippen LogP contribution >= 0.6 is 11.8 Å². The summed E-state index contributed by atoms with van der Waals surface area (Å²) >= 11 is 1.65. The van der Waals surface area contributed by atoms with Crippen LogP contribution in [-0.4, -0.2) is 42.1 Å². The average Bonchev–Trinajstić information content (AvgIpc) is 2.72. The summed E-state index contributed by atoms with van der Waals surface area (Å²) in [4.78, 5) is 20.5. The van der Waals surface area contributed by atoms with E-state index in [1.165, 1.54) is 6.33 Å². The fraction of sp³-hybridized carbons (Fsp3) is 0.250. The molecule has 0 unspecified atom stereocenters. The molecule has 1 amide bonds. The molecule has 0 bridgehead atoms. The summed E-state index contributed by atoms with van der Waals surface area (Å²) in [5, 5.41) is 6.99. The van der Waals surface area contributed by atoms with Crippen LogP contribution in [-0.2, 0) is 4.79 Å². The summed E-state index contributed by atoms with van der Waals surface area (Å²) in [7, 11) is 3.18. The number of nitrogens with one attached hydrogen (secondary N) is 2. The van der Waals surface area contributed by atoms with Crippen molar-refractivity contribution in [1.82, 2.24) is 9.97 Å². The SMILES string of the molecule is COc1cc2ncnc(Nc3ccc(NC(=O)CCSC)cc3)c2cc1OC. The predicted octanol–water partition coefficient (Wildman–Crippen LogP) is 4.08. The molecule has 0 aliphatic carbocycles. The first-order chi connectivity index (χ1) is 13.6. The zero-order chi connectivity index (χ0) is 19.9. The second-order valence-corrected chi connectivity index (χ2v) is 6.93. The Hall–Kier alpha value is -3.00. The van der Waals surface area contributed by atoms with Crippen LogP contribution in [0.4, 0.5) is 17.2 Å². The molecule has 7 nitrogen and oxygen atoms in total. The lowest BCUT2D eigenvalue weighted by Crippen LogP contribution is -2.11. The minimum absolute atomic E-state index is 0.0119. The fourth-order valence-electron chi connectivity index (χ4n) is 2.67. The number of hydrogen-bond acceptors (Lipinski definition) is 7. The topological polar surface area (TPSA) is 85.4 Å². The first-order valence-corrected chi connectivity index (χ1v) is 10.1. The van der Waals surface area contributed by atoms with Gasteiger partial charge in [-0.25, -0.2) is 9.97 Å². The van der Waals surface area contributed by atoms with Gasteiger partial charge in [0.05, 0.1) is 19.7 Å². The standard InChI is InChI=1S/C20H22N4O3S/c1-26-17-10-15-16(11-18(17)27-2)21-12-22-20(15)24-14-6-4-13(5-7-14)23-19(25)8-9-28-3/h4-7,10-12H,8-9H2,1-3H3,(H,23,25)(H,21,22,24). The highest BCUT2D eigenvalue weighted by atomic mass is 32.2. The third-order valence-electron chi connectivity index (χ3n) is 4.11. The summed E-state index contributed by atoms with van der Waals surface area (Å²) in [5.41, 5.74) is 2.35. The summed E-state index contributed by atoms with van der Waals surface area (Å²) in [6.07, 6.45) is 3.98. The number of hydrogen-bond donors (Lipinski definition) is 2. The van der Waals surface area contributed by atoms with Crippen molar-refractivity contribution in [3.63, 3.8) is 0 Å². The number of thioether (sulfide) groups is 1. The second kappa shape index (κ2) is 9.27. The molecule has 0 atom stereocenters. The summed E-state index contributed by atoms with van der Waals surface area (Å²) in [6, 6.07) is 11.1. The molecule has 1 aromatic heterocycles. The molecule has 28 heavy (non-hydrogen) atoms. The quantitative estimate of drug-likeness (QED) is 0.591. The van der Waals surface area contributed by atoms with Crippen molar-refractivity contribution in [1.29, 1.82) is 0 Å². The minimum Gasteiger partial charge on any atom is -0.493 e. The van der Waals surface area contributed by atoms with Gasteiger partial charge in [0, 0.05) is 35.0 Å². The smallest absolute Gasteiger partial charge is 0.225 e. The molecule has 0 spiro atoms. The van der Waals surface area contributed by atoms with Gasteiger partial charge in [-0.1, -0.05) is 0 Å². The first kappa shape index (κ1) is 19.8. The molecule has 0 fully saturated rings. The largest absolute Gasteiger partial charge is 0.493 e. The van der Waals surface area contributed by atoms with E-state index in [-0.39, 0.29) is 5.91 Å². The lowest BCUT2D eigenvalue weighted by atomic mass is 10.2. The number of anilines is 3. The van der Waals surface area contributed by atoms with Crippen LogP contribution in [0.15, 0.2) is 42.7 Å². The fourth-order valence-corrected chi connectivity index (χ4v) is 3.06. The van der Waals surface area contributed by atoms with E-state index in [0.29, 0.717) is 23.7 Å². The maximum absolute atomic E-state index is 11.8. The molecule has 2 N–H and O–H groups in total. The molecule has 3 aromatic rings. The van der Waals surface area contributed by atoms with E-state index in [9.17, 15) is 4.79 Å². The molecule has 3 rings (SSSR count). The normalized spacial score (nSPS) is 10.5. The van der Waals surface area contributed by atoms with Gasteiger partial charge >= 0.3 is 0 Å². The summed E-state index contributed by atoms with van der Waals surface area (Å²) in [5.74, 6) is 2.69. The van der Waals surface area contributed by atoms with Crippen molar-refractivity contribution >= 4 is 45.8 Å². The van der Waals surface area contributed by atoms with Crippen molar-refractivity contribution in [3.8, 4) is 11.5 Å². The number of ether oxygens (including phenoxy) is 2. The van der Waals surface area contributed by atoms with Crippen molar-refractivity contribution in [2.45, 2.75) is 6.42 Å². The summed E-state index contributed by atoms with van der Waals surface area (Å²) in [6.45, 7) is 0. The highest BCUT2D eigenvalue weighted by Crippen LogP contribution is 2.34. The van der Waals surface area contributed by atoms with E-state index in [0.717, 1.165) is 28.0 Å². The van der Waals surface area contributed by atoms with Crippen molar-refractivity contribution in [2.75, 3.05) is 36.9 Å². The number of carbonyl (C=O) groups is 1. The van der Waals surface area contributed by atoms with E-state index >= 15 is 0 Å². The molecule has 0 saturated carbocycles. The van der Waals surface area contributed by atoms with Crippen LogP contribution < -0.4 is 20.1 Å². The minimum atomic E-state index is 0.0119. The maximum atomic E-state index is 11.8. The number of benzene rings is 2. The van der Waals surface area contributed by atoms with Gasteiger partial charge in [0.15, 0.2) is 11.5 Å². The summed E-state index contributed by atoms with van der Waals surface area (Å²) < 4.78 is 10.7. The van der Waals surface area contributed by atoms with Gasteiger partial charge in [0.1, 0.15) is 12.1 Å². The lowest BCUT2D eigenvalue weighted by Gasteiger charge is -2.12. The number of aromatic nitrogens is 2. The molecule has 8 heteroatoms. The Bertz CT molecular complexity index is 964. The molecule has 1 heterocycles. The number of rotatable bonds is 8. The second-order valence-electron chi connectivity index (χ2n) is 5.94. The van der Waals surface area contributed by atoms with Crippen molar-refractivity contribution in [3.05, 3.63) is 42.7 Å². The highest BCUT2D eigenvalue weighted by Gasteiger charge is 2.11. The number of nitrogens with zero attached hydrogens (tertiary/aromatic N) is 2. The molecule has 0 aliphatic rings. The Kier molecular flexibility index (Phi) is 6.54. The number of carbonyl (C=O) groups excluding carboxylic acids is 1. The van der Waals surface area contributed by atoms with Crippen LogP contribution in [0.25, 0.3) is 10.9 Å². The van der Waals surface area contributed by atoms with Crippen LogP contribution in [0.1, 0.15) is 6.42 Å². The third-order valence-corrected chi connectivity index (χ3v) is 4.72. The van der Waals surface area contributed by atoms with Crippen molar-refractivity contribution in [2.24, 2.45) is 0 Å². The molecular weight excluding hydrogens is 376 g/mol. The van der Waals surface area contributed by atoms with Gasteiger partial charge < -0.3 is 20.1 Å².